The fourth-order valence-electron chi connectivity index (χ4n) is 4.81. The van der Waals surface area contributed by atoms with E-state index in [9.17, 15) is 14.3 Å². The predicted molar refractivity (Wildman–Crippen MR) is 147 cm³/mol. The van der Waals surface area contributed by atoms with Gasteiger partial charge in [0.2, 0.25) is 0 Å². The van der Waals surface area contributed by atoms with Crippen molar-refractivity contribution in [3.8, 4) is 17.3 Å². The molecule has 0 bridgehead atoms. The number of aromatic carboxylic acids is 1. The van der Waals surface area contributed by atoms with Crippen LogP contribution in [0.1, 0.15) is 39.3 Å². The number of hydrogen-bond acceptors (Lipinski definition) is 6. The Balaban J connectivity index is 1.23. The molecule has 1 N–H and O–H groups in total. The van der Waals surface area contributed by atoms with E-state index in [0.717, 1.165) is 12.0 Å². The number of imidazole rings is 1. The normalized spacial score (nSPS) is 14.7. The van der Waals surface area contributed by atoms with Crippen molar-refractivity contribution in [2.24, 2.45) is 0 Å². The predicted octanol–water partition coefficient (Wildman–Crippen LogP) is 5.74. The molecule has 208 valence electrons. The summed E-state index contributed by atoms with van der Waals surface area (Å²) >= 11 is 0. The van der Waals surface area contributed by atoms with E-state index in [2.05, 4.69) is 9.97 Å². The Kier molecular flexibility index (Phi) is 7.15. The van der Waals surface area contributed by atoms with Gasteiger partial charge in [0.1, 0.15) is 24.1 Å². The number of carboxylic acids is 1. The molecule has 0 saturated carbocycles. The maximum absolute atomic E-state index is 15.4. The third kappa shape index (κ3) is 5.64. The first-order valence-electron chi connectivity index (χ1n) is 13.2. The molecule has 10 heteroatoms. The van der Waals surface area contributed by atoms with Crippen LogP contribution in [0.4, 0.5) is 8.78 Å². The molecule has 1 saturated heterocycles. The zero-order chi connectivity index (χ0) is 28.5. The largest absolute Gasteiger partial charge is 0.478 e. The molecule has 5 aromatic rings. The van der Waals surface area contributed by atoms with Gasteiger partial charge in [0, 0.05) is 30.4 Å². The standard InChI is InChI=1S/C31H26F2N4O4/c1-18-2-4-21(24(32)12-18)17-41-31-34-10-8-26(36-31)23-6-3-19(13-25(23)33)14-29-35-27-7-5-20(30(38)39)15-28(27)37(29)16-22-9-11-40-22/h2-8,10,12-13,15,22H,9,11,14,16-17H2,1H3,(H,38,39)/t22-/m0/s1. The van der Waals surface area contributed by atoms with Crippen molar-refractivity contribution in [1.82, 2.24) is 19.5 Å². The lowest BCUT2D eigenvalue weighted by atomic mass is 10.1. The van der Waals surface area contributed by atoms with E-state index in [1.165, 1.54) is 24.4 Å². The summed E-state index contributed by atoms with van der Waals surface area (Å²) in [5.74, 6) is -1.18. The molecule has 0 aliphatic carbocycles. The van der Waals surface area contributed by atoms with Crippen molar-refractivity contribution in [3.05, 3.63) is 107 Å². The lowest BCUT2D eigenvalue weighted by molar-refractivity contribution is -0.0589. The Hall–Kier alpha value is -4.70. The van der Waals surface area contributed by atoms with E-state index in [0.29, 0.717) is 53.3 Å². The lowest BCUT2D eigenvalue weighted by Crippen LogP contribution is -2.31. The molecule has 1 aliphatic rings. The summed E-state index contributed by atoms with van der Waals surface area (Å²) < 4.78 is 42.7. The highest BCUT2D eigenvalue weighted by atomic mass is 19.1. The number of carbonyl (C=O) groups is 1. The summed E-state index contributed by atoms with van der Waals surface area (Å²) in [5, 5.41) is 9.46. The summed E-state index contributed by atoms with van der Waals surface area (Å²) in [6.45, 7) is 2.97. The van der Waals surface area contributed by atoms with Crippen molar-refractivity contribution in [2.75, 3.05) is 6.61 Å². The van der Waals surface area contributed by atoms with Crippen LogP contribution in [-0.2, 0) is 24.3 Å². The Morgan fingerprint density at radius 1 is 1.07 bits per heavy atom. The van der Waals surface area contributed by atoms with Crippen LogP contribution in [0.2, 0.25) is 0 Å². The van der Waals surface area contributed by atoms with Gasteiger partial charge >= 0.3 is 12.0 Å². The summed E-state index contributed by atoms with van der Waals surface area (Å²) in [6, 6.07) is 16.2. The van der Waals surface area contributed by atoms with Crippen LogP contribution in [0.15, 0.2) is 66.9 Å². The Bertz CT molecular complexity index is 1770. The van der Waals surface area contributed by atoms with Crippen LogP contribution in [0.25, 0.3) is 22.3 Å². The summed E-state index contributed by atoms with van der Waals surface area (Å²) in [5.41, 5.74) is 4.01. The molecule has 3 heterocycles. The van der Waals surface area contributed by atoms with Crippen LogP contribution < -0.4 is 4.74 Å². The fourth-order valence-corrected chi connectivity index (χ4v) is 4.81. The first kappa shape index (κ1) is 26.5. The third-order valence-corrected chi connectivity index (χ3v) is 7.12. The monoisotopic (exact) mass is 556 g/mol. The van der Waals surface area contributed by atoms with Gasteiger partial charge in [-0.2, -0.15) is 4.98 Å². The second-order valence-corrected chi connectivity index (χ2v) is 10.0. The average Bonchev–Trinajstić information content (AvgIpc) is 3.26. The van der Waals surface area contributed by atoms with E-state index < -0.39 is 11.8 Å². The van der Waals surface area contributed by atoms with Gasteiger partial charge in [-0.1, -0.05) is 18.2 Å². The van der Waals surface area contributed by atoms with Gasteiger partial charge in [-0.25, -0.2) is 23.5 Å². The fraction of sp³-hybridized carbons (Fsp3) is 0.226. The van der Waals surface area contributed by atoms with Gasteiger partial charge in [0.05, 0.1) is 34.9 Å². The molecule has 1 fully saturated rings. The summed E-state index contributed by atoms with van der Waals surface area (Å²) in [6.07, 6.45) is 2.73. The summed E-state index contributed by atoms with van der Waals surface area (Å²) in [7, 11) is 0. The molecule has 1 aliphatic heterocycles. The van der Waals surface area contributed by atoms with E-state index in [4.69, 9.17) is 14.5 Å². The minimum Gasteiger partial charge on any atom is -0.478 e. The van der Waals surface area contributed by atoms with Crippen molar-refractivity contribution in [1.29, 1.82) is 0 Å². The number of aryl methyl sites for hydroxylation is 1. The van der Waals surface area contributed by atoms with Crippen LogP contribution in [0.3, 0.4) is 0 Å². The number of rotatable bonds is 9. The van der Waals surface area contributed by atoms with Gasteiger partial charge in [0.25, 0.3) is 0 Å². The lowest BCUT2D eigenvalue weighted by Gasteiger charge is -2.27. The van der Waals surface area contributed by atoms with E-state index in [1.807, 2.05) is 4.57 Å². The topological polar surface area (TPSA) is 99.4 Å². The Labute approximate surface area is 234 Å². The molecule has 0 radical (unpaired) electrons. The number of nitrogens with zero attached hydrogens (tertiary/aromatic N) is 4. The van der Waals surface area contributed by atoms with Crippen LogP contribution in [0.5, 0.6) is 6.01 Å². The minimum atomic E-state index is -1.01. The number of halogens is 2. The molecule has 6 rings (SSSR count). The van der Waals surface area contributed by atoms with E-state index in [1.54, 1.807) is 49.4 Å². The molecule has 0 unspecified atom stereocenters. The quantitative estimate of drug-likeness (QED) is 0.247. The zero-order valence-electron chi connectivity index (χ0n) is 22.2. The van der Waals surface area contributed by atoms with Gasteiger partial charge in [-0.3, -0.25) is 0 Å². The molecular formula is C31H26F2N4O4. The zero-order valence-corrected chi connectivity index (χ0v) is 22.2. The number of aromatic nitrogens is 4. The highest BCUT2D eigenvalue weighted by Gasteiger charge is 2.23. The second kappa shape index (κ2) is 11.1. The first-order valence-corrected chi connectivity index (χ1v) is 13.2. The van der Waals surface area contributed by atoms with Crippen molar-refractivity contribution in [2.45, 2.75) is 39.0 Å². The van der Waals surface area contributed by atoms with Crippen molar-refractivity contribution < 1.29 is 28.2 Å². The Morgan fingerprint density at radius 3 is 2.66 bits per heavy atom. The second-order valence-electron chi connectivity index (χ2n) is 10.0. The van der Waals surface area contributed by atoms with Gasteiger partial charge in [-0.15, -0.1) is 0 Å². The van der Waals surface area contributed by atoms with Crippen molar-refractivity contribution >= 4 is 17.0 Å². The molecule has 1 atom stereocenters. The molecule has 41 heavy (non-hydrogen) atoms. The van der Waals surface area contributed by atoms with E-state index >= 15 is 4.39 Å². The Morgan fingerprint density at radius 2 is 1.93 bits per heavy atom. The maximum atomic E-state index is 15.4. The molecule has 0 spiro atoms. The molecule has 2 aromatic heterocycles. The number of benzene rings is 3. The third-order valence-electron chi connectivity index (χ3n) is 7.12. The molecule has 8 nitrogen and oxygen atoms in total. The van der Waals surface area contributed by atoms with Crippen molar-refractivity contribution in [3.63, 3.8) is 0 Å². The number of fused-ring (bicyclic) bond motifs is 1. The first-order chi connectivity index (χ1) is 19.8. The van der Waals surface area contributed by atoms with Gasteiger partial charge < -0.3 is 19.1 Å². The van der Waals surface area contributed by atoms with Crippen LogP contribution in [0, 0.1) is 18.6 Å². The highest BCUT2D eigenvalue weighted by Crippen LogP contribution is 2.27. The molecule has 0 amide bonds. The number of hydrogen-bond donors (Lipinski definition) is 1. The minimum absolute atomic E-state index is 0.0126. The smallest absolute Gasteiger partial charge is 0.335 e. The van der Waals surface area contributed by atoms with Crippen LogP contribution in [-0.4, -0.2) is 43.3 Å². The molecular weight excluding hydrogens is 530 g/mol. The maximum Gasteiger partial charge on any atom is 0.335 e. The SMILES string of the molecule is Cc1ccc(COc2nccc(-c3ccc(Cc4nc5ccc(C(=O)O)cc5n4C[C@@H]4CCO4)cc3F)n2)c(F)c1. The number of carboxylic acid groups (broad SMARTS) is 1. The summed E-state index contributed by atoms with van der Waals surface area (Å²) in [4.78, 5) is 24.7. The average molecular weight is 557 g/mol. The number of ether oxygens (including phenoxy) is 2. The van der Waals surface area contributed by atoms with Gasteiger partial charge in [-0.05, 0) is 66.9 Å². The van der Waals surface area contributed by atoms with Crippen LogP contribution >= 0.6 is 0 Å². The van der Waals surface area contributed by atoms with E-state index in [-0.39, 0.29) is 35.7 Å². The van der Waals surface area contributed by atoms with Gasteiger partial charge in [0.15, 0.2) is 0 Å². The molecule has 3 aromatic carbocycles. The highest BCUT2D eigenvalue weighted by molar-refractivity contribution is 5.92.